The average Bonchev–Trinajstić information content (AvgIpc) is 2.79. The topological polar surface area (TPSA) is 61.4 Å². The third kappa shape index (κ3) is 5.64. The van der Waals surface area contributed by atoms with Crippen LogP contribution in [-0.2, 0) is 17.9 Å². The van der Waals surface area contributed by atoms with Crippen LogP contribution in [-0.4, -0.2) is 57.9 Å². The minimum atomic E-state index is 0.0944. The molecular weight excluding hydrogens is 374 g/mol. The molecule has 1 amide bonds. The molecule has 6 heteroatoms. The maximum atomic E-state index is 12.8. The highest BCUT2D eigenvalue weighted by Gasteiger charge is 2.31. The van der Waals surface area contributed by atoms with Crippen LogP contribution in [0.15, 0.2) is 42.9 Å². The lowest BCUT2D eigenvalue weighted by Crippen LogP contribution is -2.50. The number of aryl methyl sites for hydroxylation is 1. The van der Waals surface area contributed by atoms with E-state index in [1.807, 2.05) is 37.5 Å². The zero-order valence-corrected chi connectivity index (χ0v) is 18.0. The number of pyridine rings is 2. The minimum Gasteiger partial charge on any atom is -0.350 e. The fraction of sp³-hybridized carbons (Fsp3) is 0.542. The van der Waals surface area contributed by atoms with Gasteiger partial charge in [0.15, 0.2) is 0 Å². The second-order valence-electron chi connectivity index (χ2n) is 8.75. The highest BCUT2D eigenvalue weighted by Crippen LogP contribution is 2.24. The fourth-order valence-electron chi connectivity index (χ4n) is 4.76. The van der Waals surface area contributed by atoms with Crippen LogP contribution < -0.4 is 5.32 Å². The summed E-state index contributed by atoms with van der Waals surface area (Å²) in [4.78, 5) is 26.4. The summed E-state index contributed by atoms with van der Waals surface area (Å²) in [6.07, 6.45) is 10.1. The second kappa shape index (κ2) is 10.1. The van der Waals surface area contributed by atoms with E-state index in [-0.39, 0.29) is 11.8 Å². The van der Waals surface area contributed by atoms with E-state index in [2.05, 4.69) is 31.2 Å². The molecule has 1 N–H and O–H groups in total. The first kappa shape index (κ1) is 20.9. The number of nitrogens with one attached hydrogen (secondary N) is 1. The van der Waals surface area contributed by atoms with Crippen molar-refractivity contribution in [2.24, 2.45) is 5.92 Å². The predicted octanol–water partition coefficient (Wildman–Crippen LogP) is 2.78. The molecule has 30 heavy (non-hydrogen) atoms. The standard InChI is InChI=1S/C24H33N5O/c1-19-6-10-26-22(14-19)16-27-24(30)21-5-3-11-29(18-21)23-7-12-28(13-8-23)17-20-4-2-9-25-15-20/h2,4,6,9-10,14-15,21,23H,3,5,7-8,11-13,16-18H2,1H3,(H,27,30)/t21-/m1/s1. The van der Waals surface area contributed by atoms with E-state index < -0.39 is 0 Å². The Hall–Kier alpha value is -2.31. The number of carbonyl (C=O) groups is 1. The molecule has 2 fully saturated rings. The van der Waals surface area contributed by atoms with Crippen LogP contribution in [0.1, 0.15) is 42.5 Å². The van der Waals surface area contributed by atoms with Gasteiger partial charge in [-0.1, -0.05) is 6.07 Å². The molecule has 2 saturated heterocycles. The van der Waals surface area contributed by atoms with Gasteiger partial charge in [0.1, 0.15) is 0 Å². The molecule has 2 aliphatic rings. The van der Waals surface area contributed by atoms with Gasteiger partial charge in [-0.05, 0) is 81.6 Å². The van der Waals surface area contributed by atoms with Gasteiger partial charge in [0.05, 0.1) is 18.2 Å². The zero-order valence-electron chi connectivity index (χ0n) is 18.0. The van der Waals surface area contributed by atoms with Crippen LogP contribution in [0.5, 0.6) is 0 Å². The number of carbonyl (C=O) groups excluding carboxylic acids is 1. The predicted molar refractivity (Wildman–Crippen MR) is 118 cm³/mol. The molecule has 160 valence electrons. The molecule has 2 aromatic rings. The summed E-state index contributed by atoms with van der Waals surface area (Å²) < 4.78 is 0. The summed E-state index contributed by atoms with van der Waals surface area (Å²) in [6.45, 7) is 7.80. The van der Waals surface area contributed by atoms with Gasteiger partial charge in [0, 0.05) is 37.7 Å². The van der Waals surface area contributed by atoms with Gasteiger partial charge in [-0.2, -0.15) is 0 Å². The van der Waals surface area contributed by atoms with Crippen LogP contribution in [0.4, 0.5) is 0 Å². The molecule has 1 atom stereocenters. The molecule has 0 bridgehead atoms. The van der Waals surface area contributed by atoms with E-state index in [4.69, 9.17) is 0 Å². The zero-order chi connectivity index (χ0) is 20.8. The van der Waals surface area contributed by atoms with Gasteiger partial charge < -0.3 is 5.32 Å². The Bertz CT molecular complexity index is 819. The summed E-state index contributed by atoms with van der Waals surface area (Å²) in [6, 6.07) is 8.78. The Kier molecular flexibility index (Phi) is 7.07. The van der Waals surface area contributed by atoms with E-state index in [9.17, 15) is 4.79 Å². The molecular formula is C24H33N5O. The maximum Gasteiger partial charge on any atom is 0.224 e. The van der Waals surface area contributed by atoms with Gasteiger partial charge in [-0.3, -0.25) is 24.6 Å². The maximum absolute atomic E-state index is 12.8. The van der Waals surface area contributed by atoms with Crippen molar-refractivity contribution in [2.75, 3.05) is 26.2 Å². The van der Waals surface area contributed by atoms with Crippen LogP contribution in [0.25, 0.3) is 0 Å². The number of amides is 1. The first-order valence-corrected chi connectivity index (χ1v) is 11.2. The lowest BCUT2D eigenvalue weighted by Gasteiger charge is -2.42. The van der Waals surface area contributed by atoms with Gasteiger partial charge in [0.2, 0.25) is 5.91 Å². The third-order valence-electron chi connectivity index (χ3n) is 6.44. The van der Waals surface area contributed by atoms with Crippen molar-refractivity contribution in [3.8, 4) is 0 Å². The average molecular weight is 408 g/mol. The normalized spacial score (nSPS) is 21.4. The van der Waals surface area contributed by atoms with Crippen molar-refractivity contribution in [3.05, 3.63) is 59.7 Å². The van der Waals surface area contributed by atoms with Crippen LogP contribution in [0.3, 0.4) is 0 Å². The second-order valence-corrected chi connectivity index (χ2v) is 8.75. The van der Waals surface area contributed by atoms with Crippen molar-refractivity contribution >= 4 is 5.91 Å². The monoisotopic (exact) mass is 407 g/mol. The molecule has 0 radical (unpaired) electrons. The Morgan fingerprint density at radius 1 is 1.17 bits per heavy atom. The van der Waals surface area contributed by atoms with Gasteiger partial charge >= 0.3 is 0 Å². The number of nitrogens with zero attached hydrogens (tertiary/aromatic N) is 4. The Morgan fingerprint density at radius 2 is 2.03 bits per heavy atom. The summed E-state index contributed by atoms with van der Waals surface area (Å²) in [5, 5.41) is 3.11. The quantitative estimate of drug-likeness (QED) is 0.798. The summed E-state index contributed by atoms with van der Waals surface area (Å²) >= 11 is 0. The lowest BCUT2D eigenvalue weighted by molar-refractivity contribution is -0.127. The number of aromatic nitrogens is 2. The number of hydrogen-bond acceptors (Lipinski definition) is 5. The molecule has 2 aromatic heterocycles. The summed E-state index contributed by atoms with van der Waals surface area (Å²) in [7, 11) is 0. The smallest absolute Gasteiger partial charge is 0.224 e. The van der Waals surface area contributed by atoms with Crippen LogP contribution in [0, 0.1) is 12.8 Å². The Labute approximate surface area is 179 Å². The Balaban J connectivity index is 1.23. The minimum absolute atomic E-state index is 0.0944. The molecule has 0 unspecified atom stereocenters. The van der Waals surface area contributed by atoms with E-state index in [1.54, 1.807) is 6.20 Å². The summed E-state index contributed by atoms with van der Waals surface area (Å²) in [5.41, 5.74) is 3.39. The van der Waals surface area contributed by atoms with E-state index >= 15 is 0 Å². The number of rotatable bonds is 6. The first-order chi connectivity index (χ1) is 14.7. The van der Waals surface area contributed by atoms with Crippen molar-refractivity contribution in [2.45, 2.75) is 51.7 Å². The lowest BCUT2D eigenvalue weighted by atomic mass is 9.93. The van der Waals surface area contributed by atoms with Crippen molar-refractivity contribution in [3.63, 3.8) is 0 Å². The van der Waals surface area contributed by atoms with Gasteiger partial charge in [-0.25, -0.2) is 0 Å². The fourth-order valence-corrected chi connectivity index (χ4v) is 4.76. The number of hydrogen-bond donors (Lipinski definition) is 1. The molecule has 0 spiro atoms. The van der Waals surface area contributed by atoms with Crippen molar-refractivity contribution in [1.82, 2.24) is 25.1 Å². The molecule has 6 nitrogen and oxygen atoms in total. The van der Waals surface area contributed by atoms with E-state index in [0.29, 0.717) is 12.6 Å². The summed E-state index contributed by atoms with van der Waals surface area (Å²) in [5.74, 6) is 0.272. The highest BCUT2D eigenvalue weighted by molar-refractivity contribution is 5.78. The van der Waals surface area contributed by atoms with E-state index in [0.717, 1.165) is 51.3 Å². The molecule has 4 heterocycles. The molecule has 0 aliphatic carbocycles. The van der Waals surface area contributed by atoms with Crippen LogP contribution >= 0.6 is 0 Å². The Morgan fingerprint density at radius 3 is 2.80 bits per heavy atom. The SMILES string of the molecule is Cc1ccnc(CNC(=O)[C@@H]2CCCN(C3CCN(Cc4cccnc4)CC3)C2)c1. The molecule has 4 rings (SSSR count). The number of piperidine rings is 2. The molecule has 2 aliphatic heterocycles. The van der Waals surface area contributed by atoms with Crippen molar-refractivity contribution < 1.29 is 4.79 Å². The molecule has 0 aromatic carbocycles. The highest BCUT2D eigenvalue weighted by atomic mass is 16.1. The first-order valence-electron chi connectivity index (χ1n) is 11.2. The largest absolute Gasteiger partial charge is 0.350 e. The van der Waals surface area contributed by atoms with Crippen molar-refractivity contribution in [1.29, 1.82) is 0 Å². The van der Waals surface area contributed by atoms with Gasteiger partial charge in [0.25, 0.3) is 0 Å². The van der Waals surface area contributed by atoms with Gasteiger partial charge in [-0.15, -0.1) is 0 Å². The third-order valence-corrected chi connectivity index (χ3v) is 6.44. The van der Waals surface area contributed by atoms with E-state index in [1.165, 1.54) is 24.0 Å². The molecule has 0 saturated carbocycles. The number of likely N-dealkylation sites (tertiary alicyclic amines) is 2. The van der Waals surface area contributed by atoms with Crippen LogP contribution in [0.2, 0.25) is 0 Å².